The molecule has 0 amide bonds. The summed E-state index contributed by atoms with van der Waals surface area (Å²) < 4.78 is 22.0. The fourth-order valence-electron chi connectivity index (χ4n) is 4.26. The molecular weight excluding hydrogens is 386 g/mol. The van der Waals surface area contributed by atoms with Gasteiger partial charge in [-0.15, -0.1) is 0 Å². The summed E-state index contributed by atoms with van der Waals surface area (Å²) in [6, 6.07) is 3.60. The average Bonchev–Trinajstić information content (AvgIpc) is 2.71. The second-order valence-electron chi connectivity index (χ2n) is 7.79. The Labute approximate surface area is 177 Å². The van der Waals surface area contributed by atoms with Gasteiger partial charge in [0.2, 0.25) is 5.75 Å². The van der Waals surface area contributed by atoms with E-state index in [-0.39, 0.29) is 11.9 Å². The summed E-state index contributed by atoms with van der Waals surface area (Å²) in [4.78, 5) is 30.7. The molecule has 0 N–H and O–H groups in total. The van der Waals surface area contributed by atoms with E-state index in [2.05, 4.69) is 4.99 Å². The summed E-state index contributed by atoms with van der Waals surface area (Å²) in [6.45, 7) is 5.43. The Hall–Kier alpha value is -2.83. The highest BCUT2D eigenvalue weighted by Gasteiger charge is 2.44. The Morgan fingerprint density at radius 3 is 2.23 bits per heavy atom. The van der Waals surface area contributed by atoms with Crippen molar-refractivity contribution in [2.45, 2.75) is 52.1 Å². The van der Waals surface area contributed by atoms with Crippen LogP contribution in [0.2, 0.25) is 0 Å². The summed E-state index contributed by atoms with van der Waals surface area (Å²) in [7, 11) is 4.61. The molecule has 1 aromatic carbocycles. The first-order valence-electron chi connectivity index (χ1n) is 10.1. The first-order valence-corrected chi connectivity index (χ1v) is 10.1. The van der Waals surface area contributed by atoms with E-state index in [1.165, 1.54) is 21.3 Å². The molecule has 1 aromatic rings. The van der Waals surface area contributed by atoms with E-state index in [9.17, 15) is 9.59 Å². The molecule has 1 heterocycles. The van der Waals surface area contributed by atoms with Crippen LogP contribution in [-0.2, 0) is 14.3 Å². The summed E-state index contributed by atoms with van der Waals surface area (Å²) >= 11 is 0. The summed E-state index contributed by atoms with van der Waals surface area (Å²) in [6.07, 6.45) is 1.65. The van der Waals surface area contributed by atoms with Crippen LogP contribution in [0.5, 0.6) is 17.2 Å². The number of Topliss-reactive ketones (excluding diaryl/α,β-unsaturated/α-hetero) is 1. The minimum Gasteiger partial charge on any atom is -0.493 e. The quantitative estimate of drug-likeness (QED) is 0.657. The van der Waals surface area contributed by atoms with Crippen LogP contribution in [0.15, 0.2) is 28.4 Å². The van der Waals surface area contributed by atoms with Crippen LogP contribution in [0.4, 0.5) is 0 Å². The van der Waals surface area contributed by atoms with Crippen molar-refractivity contribution in [2.24, 2.45) is 10.9 Å². The van der Waals surface area contributed by atoms with Crippen LogP contribution in [0, 0.1) is 5.92 Å². The standard InChI is InChI=1S/C23H29NO6/c1-12(2)30-23(26)19-13(3)24-15-8-7-9-16(25)21(15)20(19)14-10-17(27-4)22(29-6)18(11-14)28-5/h10-12,19-20H,7-9H2,1-6H3/t19?,20-/m1/s1. The third-order valence-corrected chi connectivity index (χ3v) is 5.49. The fourth-order valence-corrected chi connectivity index (χ4v) is 4.26. The normalized spacial score (nSPS) is 21.2. The van der Waals surface area contributed by atoms with Gasteiger partial charge in [-0.3, -0.25) is 14.6 Å². The van der Waals surface area contributed by atoms with Gasteiger partial charge in [-0.05, 0) is 51.3 Å². The number of nitrogens with zero attached hydrogens (tertiary/aromatic N) is 1. The number of hydrogen-bond donors (Lipinski definition) is 0. The van der Waals surface area contributed by atoms with Crippen LogP contribution in [-0.4, -0.2) is 44.9 Å². The second kappa shape index (κ2) is 8.90. The maximum atomic E-state index is 13.1. The number of allylic oxidation sites excluding steroid dienone is 2. The predicted octanol–water partition coefficient (Wildman–Crippen LogP) is 3.85. The third-order valence-electron chi connectivity index (χ3n) is 5.49. The highest BCUT2D eigenvalue weighted by Crippen LogP contribution is 2.47. The van der Waals surface area contributed by atoms with Gasteiger partial charge in [0.15, 0.2) is 17.3 Å². The molecule has 0 aromatic heterocycles. The molecule has 7 nitrogen and oxygen atoms in total. The molecule has 162 valence electrons. The van der Waals surface area contributed by atoms with Crippen LogP contribution in [0.1, 0.15) is 51.5 Å². The van der Waals surface area contributed by atoms with Crippen LogP contribution < -0.4 is 14.2 Å². The number of benzene rings is 1. The maximum absolute atomic E-state index is 13.1. The Kier molecular flexibility index (Phi) is 6.48. The van der Waals surface area contributed by atoms with E-state index in [1.54, 1.807) is 26.0 Å². The number of carbonyl (C=O) groups is 2. The predicted molar refractivity (Wildman–Crippen MR) is 113 cm³/mol. The van der Waals surface area contributed by atoms with Crippen molar-refractivity contribution in [2.75, 3.05) is 21.3 Å². The number of methoxy groups -OCH3 is 3. The molecular formula is C23H29NO6. The molecule has 30 heavy (non-hydrogen) atoms. The molecule has 0 saturated carbocycles. The van der Waals surface area contributed by atoms with Gasteiger partial charge in [-0.2, -0.15) is 0 Å². The van der Waals surface area contributed by atoms with Gasteiger partial charge in [0.1, 0.15) is 5.92 Å². The van der Waals surface area contributed by atoms with Crippen molar-refractivity contribution in [3.05, 3.63) is 29.0 Å². The first kappa shape index (κ1) is 21.9. The molecule has 1 aliphatic heterocycles. The molecule has 7 heteroatoms. The van der Waals surface area contributed by atoms with E-state index in [4.69, 9.17) is 18.9 Å². The number of rotatable bonds is 6. The first-order chi connectivity index (χ1) is 14.3. The SMILES string of the molecule is COc1cc([C@H]2C3=C(CCCC3=O)N=C(C)C2C(=O)OC(C)C)cc(OC)c1OC. The molecule has 2 aliphatic rings. The van der Waals surface area contributed by atoms with Crippen molar-refractivity contribution < 1.29 is 28.5 Å². The summed E-state index contributed by atoms with van der Waals surface area (Å²) in [5, 5.41) is 0. The average molecular weight is 415 g/mol. The third kappa shape index (κ3) is 3.93. The van der Waals surface area contributed by atoms with Gasteiger partial charge < -0.3 is 18.9 Å². The zero-order valence-corrected chi connectivity index (χ0v) is 18.4. The molecule has 1 unspecified atom stereocenters. The largest absolute Gasteiger partial charge is 0.493 e. The zero-order valence-electron chi connectivity index (χ0n) is 18.4. The maximum Gasteiger partial charge on any atom is 0.315 e. The number of aliphatic imine (C=N–C) groups is 1. The van der Waals surface area contributed by atoms with Crippen molar-refractivity contribution in [3.8, 4) is 17.2 Å². The highest BCUT2D eigenvalue weighted by molar-refractivity contribution is 6.08. The lowest BCUT2D eigenvalue weighted by molar-refractivity contribution is -0.150. The topological polar surface area (TPSA) is 83.4 Å². The van der Waals surface area contributed by atoms with E-state index in [1.807, 2.05) is 6.92 Å². The minimum atomic E-state index is -0.698. The number of esters is 1. The molecule has 2 atom stereocenters. The lowest BCUT2D eigenvalue weighted by atomic mass is 9.71. The Balaban J connectivity index is 2.23. The van der Waals surface area contributed by atoms with Gasteiger partial charge in [0.05, 0.1) is 27.4 Å². The van der Waals surface area contributed by atoms with E-state index >= 15 is 0 Å². The van der Waals surface area contributed by atoms with Crippen LogP contribution >= 0.6 is 0 Å². The van der Waals surface area contributed by atoms with Gasteiger partial charge in [-0.25, -0.2) is 0 Å². The van der Waals surface area contributed by atoms with Gasteiger partial charge >= 0.3 is 5.97 Å². The van der Waals surface area contributed by atoms with Crippen molar-refractivity contribution in [1.29, 1.82) is 0 Å². The smallest absolute Gasteiger partial charge is 0.315 e. The van der Waals surface area contributed by atoms with E-state index in [0.29, 0.717) is 41.4 Å². The molecule has 1 aliphatic carbocycles. The van der Waals surface area contributed by atoms with Crippen molar-refractivity contribution >= 4 is 17.5 Å². The molecule has 0 radical (unpaired) electrons. The molecule has 3 rings (SSSR count). The molecule has 0 fully saturated rings. The number of carbonyl (C=O) groups excluding carboxylic acids is 2. The Morgan fingerprint density at radius 2 is 1.70 bits per heavy atom. The number of hydrogen-bond acceptors (Lipinski definition) is 7. The molecule has 0 saturated heterocycles. The van der Waals surface area contributed by atoms with Crippen LogP contribution in [0.25, 0.3) is 0 Å². The lowest BCUT2D eigenvalue weighted by Crippen LogP contribution is -2.38. The van der Waals surface area contributed by atoms with Gasteiger partial charge in [0, 0.05) is 29.3 Å². The van der Waals surface area contributed by atoms with E-state index in [0.717, 1.165) is 17.7 Å². The zero-order chi connectivity index (χ0) is 22.0. The molecule has 0 spiro atoms. The monoisotopic (exact) mass is 415 g/mol. The van der Waals surface area contributed by atoms with E-state index < -0.39 is 17.8 Å². The minimum absolute atomic E-state index is 0.0219. The highest BCUT2D eigenvalue weighted by atomic mass is 16.5. The lowest BCUT2D eigenvalue weighted by Gasteiger charge is -2.35. The van der Waals surface area contributed by atoms with Gasteiger partial charge in [-0.1, -0.05) is 0 Å². The number of ether oxygens (including phenoxy) is 4. The summed E-state index contributed by atoms with van der Waals surface area (Å²) in [5.74, 6) is -0.206. The fraction of sp³-hybridized carbons (Fsp3) is 0.522. The summed E-state index contributed by atoms with van der Waals surface area (Å²) in [5.41, 5.74) is 2.72. The molecule has 0 bridgehead atoms. The Bertz CT molecular complexity index is 889. The van der Waals surface area contributed by atoms with Crippen LogP contribution in [0.3, 0.4) is 0 Å². The second-order valence-corrected chi connectivity index (χ2v) is 7.79. The number of ketones is 1. The Morgan fingerprint density at radius 1 is 1.07 bits per heavy atom. The van der Waals surface area contributed by atoms with Gasteiger partial charge in [0.25, 0.3) is 0 Å². The van der Waals surface area contributed by atoms with Crippen molar-refractivity contribution in [3.63, 3.8) is 0 Å². The van der Waals surface area contributed by atoms with Crippen molar-refractivity contribution in [1.82, 2.24) is 0 Å².